The lowest BCUT2D eigenvalue weighted by atomic mass is 9.88. The third-order valence-electron chi connectivity index (χ3n) is 3.74. The van der Waals surface area contributed by atoms with E-state index in [0.717, 1.165) is 23.3 Å². The highest BCUT2D eigenvalue weighted by molar-refractivity contribution is 5.78. The summed E-state index contributed by atoms with van der Waals surface area (Å²) in [5.41, 5.74) is 9.19. The Morgan fingerprint density at radius 2 is 1.94 bits per heavy atom. The van der Waals surface area contributed by atoms with Crippen LogP contribution in [0.3, 0.4) is 0 Å². The van der Waals surface area contributed by atoms with Gasteiger partial charge in [0.15, 0.2) is 5.65 Å². The van der Waals surface area contributed by atoms with Crippen molar-refractivity contribution in [1.29, 1.82) is 0 Å². The zero-order chi connectivity index (χ0) is 13.7. The van der Waals surface area contributed by atoms with Crippen LogP contribution >= 0.6 is 0 Å². The van der Waals surface area contributed by atoms with Gasteiger partial charge in [-0.05, 0) is 18.8 Å². The molecular weight excluding hydrogens is 226 g/mol. The van der Waals surface area contributed by atoms with Crippen LogP contribution < -0.4 is 5.73 Å². The molecule has 5 heteroatoms. The number of nitrogens with two attached hydrogens (primary N) is 1. The van der Waals surface area contributed by atoms with E-state index in [1.54, 1.807) is 0 Å². The van der Waals surface area contributed by atoms with Crippen LogP contribution in [0.5, 0.6) is 0 Å². The zero-order valence-electron chi connectivity index (χ0n) is 12.2. The Balaban J connectivity index is 2.71. The maximum Gasteiger partial charge on any atom is 0.202 e. The second-order valence-electron chi connectivity index (χ2n) is 5.98. The molecule has 0 aliphatic heterocycles. The second kappa shape index (κ2) is 4.00. The summed E-state index contributed by atoms with van der Waals surface area (Å²) in [4.78, 5) is 4.50. The maximum absolute atomic E-state index is 6.10. The Hall–Kier alpha value is -1.52. The summed E-state index contributed by atoms with van der Waals surface area (Å²) in [6.07, 6.45) is 0.873. The molecule has 1 atom stereocenters. The molecule has 0 fully saturated rings. The topological polar surface area (TPSA) is 61.7 Å². The first-order chi connectivity index (χ1) is 8.27. The van der Waals surface area contributed by atoms with Gasteiger partial charge in [-0.2, -0.15) is 5.10 Å². The van der Waals surface area contributed by atoms with Gasteiger partial charge >= 0.3 is 0 Å². The number of hydrogen-bond donors (Lipinski definition) is 1. The standard InChI is InChI=1S/C13H23N5/c1-7-9-10-11(17(6)16-9)18(12(14)15-10)8(2)13(3,4)5/h8H,7H2,1-6H3,(H2,14,15). The van der Waals surface area contributed by atoms with E-state index < -0.39 is 0 Å². The van der Waals surface area contributed by atoms with Crippen LogP contribution in [-0.4, -0.2) is 19.3 Å². The molecule has 0 radical (unpaired) electrons. The first-order valence-electron chi connectivity index (χ1n) is 6.46. The monoisotopic (exact) mass is 249 g/mol. The molecule has 1 unspecified atom stereocenters. The zero-order valence-corrected chi connectivity index (χ0v) is 12.2. The number of rotatable bonds is 2. The average molecular weight is 249 g/mol. The minimum Gasteiger partial charge on any atom is -0.369 e. The number of anilines is 1. The normalized spacial score (nSPS) is 14.3. The molecule has 0 amide bonds. The molecule has 2 heterocycles. The Bertz CT molecular complexity index is 570. The maximum atomic E-state index is 6.10. The molecule has 2 aromatic heterocycles. The van der Waals surface area contributed by atoms with Gasteiger partial charge < -0.3 is 5.73 Å². The van der Waals surface area contributed by atoms with E-state index >= 15 is 0 Å². The van der Waals surface area contributed by atoms with Crippen molar-refractivity contribution in [1.82, 2.24) is 19.3 Å². The second-order valence-corrected chi connectivity index (χ2v) is 5.98. The fourth-order valence-corrected chi connectivity index (χ4v) is 2.23. The highest BCUT2D eigenvalue weighted by Gasteiger charge is 2.27. The van der Waals surface area contributed by atoms with Gasteiger partial charge in [0.25, 0.3) is 0 Å². The van der Waals surface area contributed by atoms with Gasteiger partial charge in [0.05, 0.1) is 5.69 Å². The van der Waals surface area contributed by atoms with Crippen LogP contribution in [0.25, 0.3) is 11.2 Å². The smallest absolute Gasteiger partial charge is 0.202 e. The van der Waals surface area contributed by atoms with Crippen LogP contribution in [0.1, 0.15) is 46.4 Å². The highest BCUT2D eigenvalue weighted by Crippen LogP contribution is 2.35. The fourth-order valence-electron chi connectivity index (χ4n) is 2.23. The van der Waals surface area contributed by atoms with Gasteiger partial charge in [0.2, 0.25) is 5.95 Å². The van der Waals surface area contributed by atoms with Crippen molar-refractivity contribution in [2.75, 3.05) is 5.73 Å². The van der Waals surface area contributed by atoms with Gasteiger partial charge in [-0.3, -0.25) is 9.25 Å². The van der Waals surface area contributed by atoms with E-state index in [2.05, 4.69) is 49.3 Å². The summed E-state index contributed by atoms with van der Waals surface area (Å²) in [6, 6.07) is 0.266. The molecule has 2 aromatic rings. The summed E-state index contributed by atoms with van der Waals surface area (Å²) in [5, 5.41) is 4.51. The molecule has 2 rings (SSSR count). The number of aryl methyl sites for hydroxylation is 2. The van der Waals surface area contributed by atoms with Crippen LogP contribution in [0.15, 0.2) is 0 Å². The first-order valence-corrected chi connectivity index (χ1v) is 6.46. The molecule has 0 aliphatic rings. The molecule has 5 nitrogen and oxygen atoms in total. The van der Waals surface area contributed by atoms with E-state index in [4.69, 9.17) is 5.73 Å². The van der Waals surface area contributed by atoms with E-state index in [9.17, 15) is 0 Å². The molecular formula is C13H23N5. The van der Waals surface area contributed by atoms with Crippen molar-refractivity contribution >= 4 is 17.1 Å². The first kappa shape index (κ1) is 12.9. The van der Waals surface area contributed by atoms with Crippen molar-refractivity contribution in [3.8, 4) is 0 Å². The lowest BCUT2D eigenvalue weighted by molar-refractivity contribution is 0.268. The quantitative estimate of drug-likeness (QED) is 0.889. The van der Waals surface area contributed by atoms with Crippen molar-refractivity contribution < 1.29 is 0 Å². The molecule has 0 aromatic carbocycles. The predicted molar refractivity (Wildman–Crippen MR) is 74.5 cm³/mol. The van der Waals surface area contributed by atoms with Crippen LogP contribution in [0, 0.1) is 5.41 Å². The summed E-state index contributed by atoms with van der Waals surface area (Å²) >= 11 is 0. The number of aromatic nitrogens is 4. The molecule has 0 aliphatic carbocycles. The average Bonchev–Trinajstić information content (AvgIpc) is 2.74. The largest absolute Gasteiger partial charge is 0.369 e. The molecule has 0 bridgehead atoms. The lowest BCUT2D eigenvalue weighted by Gasteiger charge is -2.29. The van der Waals surface area contributed by atoms with E-state index in [1.165, 1.54) is 0 Å². The Labute approximate surface area is 108 Å². The number of nitrogens with zero attached hydrogens (tertiary/aromatic N) is 4. The highest BCUT2D eigenvalue weighted by atomic mass is 15.4. The Kier molecular flexibility index (Phi) is 2.87. The third-order valence-corrected chi connectivity index (χ3v) is 3.74. The summed E-state index contributed by atoms with van der Waals surface area (Å²) < 4.78 is 3.99. The summed E-state index contributed by atoms with van der Waals surface area (Å²) in [7, 11) is 1.95. The third kappa shape index (κ3) is 1.78. The van der Waals surface area contributed by atoms with Gasteiger partial charge in [0, 0.05) is 13.1 Å². The van der Waals surface area contributed by atoms with Gasteiger partial charge in [-0.25, -0.2) is 4.98 Å². The molecule has 0 saturated carbocycles. The SMILES string of the molecule is CCc1nn(C)c2c1nc(N)n2C(C)C(C)(C)C. The van der Waals surface area contributed by atoms with Crippen molar-refractivity contribution in [3.05, 3.63) is 5.69 Å². The van der Waals surface area contributed by atoms with Gasteiger partial charge in [-0.1, -0.05) is 27.7 Å². The van der Waals surface area contributed by atoms with Crippen molar-refractivity contribution in [2.45, 2.75) is 47.1 Å². The minimum absolute atomic E-state index is 0.123. The predicted octanol–water partition coefficient (Wildman–Crippen LogP) is 2.52. The van der Waals surface area contributed by atoms with Crippen LogP contribution in [-0.2, 0) is 13.5 Å². The van der Waals surface area contributed by atoms with E-state index in [1.807, 2.05) is 11.7 Å². The van der Waals surface area contributed by atoms with Gasteiger partial charge in [0.1, 0.15) is 5.52 Å². The van der Waals surface area contributed by atoms with E-state index in [-0.39, 0.29) is 11.5 Å². The number of hydrogen-bond acceptors (Lipinski definition) is 3. The molecule has 0 spiro atoms. The number of fused-ring (bicyclic) bond motifs is 1. The molecule has 18 heavy (non-hydrogen) atoms. The minimum atomic E-state index is 0.123. The van der Waals surface area contributed by atoms with E-state index in [0.29, 0.717) is 5.95 Å². The van der Waals surface area contributed by atoms with Crippen molar-refractivity contribution in [2.24, 2.45) is 12.5 Å². The molecule has 100 valence electrons. The number of imidazole rings is 1. The molecule has 2 N–H and O–H groups in total. The summed E-state index contributed by atoms with van der Waals surface area (Å²) in [5.74, 6) is 0.579. The van der Waals surface area contributed by atoms with Crippen LogP contribution in [0.4, 0.5) is 5.95 Å². The lowest BCUT2D eigenvalue weighted by Crippen LogP contribution is -2.23. The Morgan fingerprint density at radius 1 is 1.33 bits per heavy atom. The van der Waals surface area contributed by atoms with Crippen molar-refractivity contribution in [3.63, 3.8) is 0 Å². The van der Waals surface area contributed by atoms with Gasteiger partial charge in [-0.15, -0.1) is 0 Å². The number of nitrogen functional groups attached to an aromatic ring is 1. The fraction of sp³-hybridized carbons (Fsp3) is 0.692. The molecule has 0 saturated heterocycles. The van der Waals surface area contributed by atoms with Crippen LogP contribution in [0.2, 0.25) is 0 Å². The Morgan fingerprint density at radius 3 is 2.44 bits per heavy atom. The summed E-state index contributed by atoms with van der Waals surface area (Å²) in [6.45, 7) is 10.9.